The van der Waals surface area contributed by atoms with Gasteiger partial charge in [-0.15, -0.1) is 0 Å². The molecule has 0 N–H and O–H groups in total. The van der Waals surface area contributed by atoms with Crippen molar-refractivity contribution in [2.24, 2.45) is 5.92 Å². The van der Waals surface area contributed by atoms with Crippen molar-refractivity contribution in [2.45, 2.75) is 37.7 Å². The first kappa shape index (κ1) is 20.5. The van der Waals surface area contributed by atoms with E-state index in [2.05, 4.69) is 0 Å². The molecule has 0 unspecified atom stereocenters. The van der Waals surface area contributed by atoms with E-state index in [-0.39, 0.29) is 36.0 Å². The van der Waals surface area contributed by atoms with Crippen molar-refractivity contribution in [3.8, 4) is 0 Å². The van der Waals surface area contributed by atoms with E-state index in [9.17, 15) is 17.6 Å². The minimum absolute atomic E-state index is 0.0583. The minimum atomic E-state index is -3.68. The largest absolute Gasteiger partial charge is 0.458 e. The molecule has 0 saturated carbocycles. The van der Waals surface area contributed by atoms with Crippen LogP contribution in [0.4, 0.5) is 4.39 Å². The molecule has 7 heteroatoms. The maximum absolute atomic E-state index is 13.0. The minimum Gasteiger partial charge on any atom is -0.458 e. The quantitative estimate of drug-likeness (QED) is 0.709. The molecule has 150 valence electrons. The van der Waals surface area contributed by atoms with E-state index < -0.39 is 15.8 Å². The predicted octanol–water partition coefficient (Wildman–Crippen LogP) is 3.84. The second kappa shape index (κ2) is 8.41. The van der Waals surface area contributed by atoms with Gasteiger partial charge in [0.1, 0.15) is 11.9 Å². The summed E-state index contributed by atoms with van der Waals surface area (Å²) in [5.41, 5.74) is 2.06. The summed E-state index contributed by atoms with van der Waals surface area (Å²) in [6, 6.07) is 12.6. The lowest BCUT2D eigenvalue weighted by Crippen LogP contribution is -2.40. The number of hydrogen-bond donors (Lipinski definition) is 0. The lowest BCUT2D eigenvalue weighted by molar-refractivity contribution is -0.155. The number of halogens is 1. The van der Waals surface area contributed by atoms with E-state index >= 15 is 0 Å². The fraction of sp³-hybridized carbons (Fsp3) is 0.381. The van der Waals surface area contributed by atoms with Gasteiger partial charge >= 0.3 is 5.97 Å². The molecule has 0 bridgehead atoms. The summed E-state index contributed by atoms with van der Waals surface area (Å²) in [4.78, 5) is 12.5. The van der Waals surface area contributed by atoms with Gasteiger partial charge in [-0.1, -0.05) is 29.8 Å². The molecule has 1 heterocycles. The Kier molecular flexibility index (Phi) is 6.15. The summed E-state index contributed by atoms with van der Waals surface area (Å²) in [6.07, 6.45) is 0.453. The van der Waals surface area contributed by atoms with Gasteiger partial charge in [-0.3, -0.25) is 4.79 Å². The Balaban J connectivity index is 1.57. The van der Waals surface area contributed by atoms with Crippen LogP contribution in [0, 0.1) is 18.7 Å². The highest BCUT2D eigenvalue weighted by Gasteiger charge is 2.33. The Hall–Kier alpha value is -2.25. The van der Waals surface area contributed by atoms with Crippen molar-refractivity contribution in [1.29, 1.82) is 0 Å². The van der Waals surface area contributed by atoms with Crippen LogP contribution < -0.4 is 0 Å². The van der Waals surface area contributed by atoms with Crippen molar-refractivity contribution in [1.82, 2.24) is 4.31 Å². The highest BCUT2D eigenvalue weighted by molar-refractivity contribution is 7.89. The van der Waals surface area contributed by atoms with E-state index in [4.69, 9.17) is 4.74 Å². The molecule has 0 amide bonds. The van der Waals surface area contributed by atoms with Crippen LogP contribution in [-0.4, -0.2) is 31.8 Å². The third-order valence-corrected chi connectivity index (χ3v) is 6.99. The number of esters is 1. The van der Waals surface area contributed by atoms with Crippen molar-refractivity contribution in [2.75, 3.05) is 13.1 Å². The number of aryl methyl sites for hydroxylation is 1. The zero-order valence-corrected chi connectivity index (χ0v) is 16.8. The standard InChI is InChI=1S/C21H24FNO4S/c1-15-3-5-17(6-4-15)16(2)27-21(24)18-11-13-23(14-12-18)28(25,26)20-9-7-19(22)8-10-20/h3-10,16,18H,11-14H2,1-2H3/t16-/m0/s1. The second-order valence-electron chi connectivity index (χ2n) is 7.12. The number of nitrogens with zero attached hydrogens (tertiary/aromatic N) is 1. The molecule has 1 atom stereocenters. The van der Waals surface area contributed by atoms with Crippen LogP contribution in [0.1, 0.15) is 37.0 Å². The van der Waals surface area contributed by atoms with E-state index in [1.54, 1.807) is 0 Å². The monoisotopic (exact) mass is 405 g/mol. The maximum Gasteiger partial charge on any atom is 0.309 e. The van der Waals surface area contributed by atoms with Crippen molar-refractivity contribution >= 4 is 16.0 Å². The number of piperidine rings is 1. The first-order valence-electron chi connectivity index (χ1n) is 9.30. The number of carbonyl (C=O) groups excluding carboxylic acids is 1. The molecule has 2 aromatic rings. The van der Waals surface area contributed by atoms with Gasteiger partial charge in [0.25, 0.3) is 0 Å². The van der Waals surface area contributed by atoms with Crippen LogP contribution in [0.25, 0.3) is 0 Å². The Morgan fingerprint density at radius 1 is 1.07 bits per heavy atom. The molecule has 0 aromatic heterocycles. The third-order valence-electron chi connectivity index (χ3n) is 5.08. The smallest absolute Gasteiger partial charge is 0.309 e. The van der Waals surface area contributed by atoms with Gasteiger partial charge in [0.2, 0.25) is 10.0 Å². The Morgan fingerprint density at radius 3 is 2.21 bits per heavy atom. The average molecular weight is 405 g/mol. The van der Waals surface area contributed by atoms with Crippen LogP contribution in [0.3, 0.4) is 0 Å². The highest BCUT2D eigenvalue weighted by atomic mass is 32.2. The second-order valence-corrected chi connectivity index (χ2v) is 9.06. The van der Waals surface area contributed by atoms with Crippen molar-refractivity contribution in [3.63, 3.8) is 0 Å². The molecular formula is C21H24FNO4S. The van der Waals surface area contributed by atoms with E-state index in [1.807, 2.05) is 38.1 Å². The highest BCUT2D eigenvalue weighted by Crippen LogP contribution is 2.27. The average Bonchev–Trinajstić information content (AvgIpc) is 2.69. The van der Waals surface area contributed by atoms with E-state index in [0.29, 0.717) is 12.8 Å². The molecule has 1 aliphatic heterocycles. The molecule has 0 aliphatic carbocycles. The number of hydrogen-bond acceptors (Lipinski definition) is 4. The van der Waals surface area contributed by atoms with Gasteiger partial charge in [0, 0.05) is 13.1 Å². The molecule has 0 radical (unpaired) electrons. The van der Waals surface area contributed by atoms with Gasteiger partial charge in [-0.2, -0.15) is 4.31 Å². The molecule has 0 spiro atoms. The maximum atomic E-state index is 13.0. The van der Waals surface area contributed by atoms with Gasteiger partial charge in [-0.25, -0.2) is 12.8 Å². The number of rotatable bonds is 5. The van der Waals surface area contributed by atoms with Gasteiger partial charge in [-0.05, 0) is 56.5 Å². The Morgan fingerprint density at radius 2 is 1.64 bits per heavy atom. The van der Waals surface area contributed by atoms with E-state index in [1.165, 1.54) is 16.4 Å². The molecule has 2 aromatic carbocycles. The summed E-state index contributed by atoms with van der Waals surface area (Å²) in [5, 5.41) is 0. The molecule has 1 saturated heterocycles. The molecule has 5 nitrogen and oxygen atoms in total. The van der Waals surface area contributed by atoms with Gasteiger partial charge in [0.15, 0.2) is 0 Å². The SMILES string of the molecule is Cc1ccc([C@H](C)OC(=O)C2CCN(S(=O)(=O)c3ccc(F)cc3)CC2)cc1. The van der Waals surface area contributed by atoms with Crippen LogP contribution in [0.2, 0.25) is 0 Å². The number of ether oxygens (including phenoxy) is 1. The van der Waals surface area contributed by atoms with Gasteiger partial charge in [0.05, 0.1) is 10.8 Å². The summed E-state index contributed by atoms with van der Waals surface area (Å²) in [6.45, 7) is 4.29. The van der Waals surface area contributed by atoms with E-state index in [0.717, 1.165) is 23.3 Å². The van der Waals surface area contributed by atoms with Crippen molar-refractivity contribution < 1.29 is 22.3 Å². The molecule has 1 fully saturated rings. The summed E-state index contributed by atoms with van der Waals surface area (Å²) in [5.74, 6) is -1.11. The summed E-state index contributed by atoms with van der Waals surface area (Å²) >= 11 is 0. The summed E-state index contributed by atoms with van der Waals surface area (Å²) < 4.78 is 45.3. The third kappa shape index (κ3) is 4.59. The molecule has 1 aliphatic rings. The Bertz CT molecular complexity index is 918. The zero-order valence-electron chi connectivity index (χ0n) is 16.0. The topological polar surface area (TPSA) is 63.7 Å². The van der Waals surface area contributed by atoms with Gasteiger partial charge < -0.3 is 4.74 Å². The first-order chi connectivity index (χ1) is 13.3. The number of benzene rings is 2. The number of carbonyl (C=O) groups is 1. The van der Waals surface area contributed by atoms with Crippen LogP contribution in [0.5, 0.6) is 0 Å². The summed E-state index contributed by atoms with van der Waals surface area (Å²) in [7, 11) is -3.68. The fourth-order valence-electron chi connectivity index (χ4n) is 3.26. The van der Waals surface area contributed by atoms with Crippen LogP contribution >= 0.6 is 0 Å². The van der Waals surface area contributed by atoms with Crippen LogP contribution in [0.15, 0.2) is 53.4 Å². The first-order valence-corrected chi connectivity index (χ1v) is 10.7. The molecule has 28 heavy (non-hydrogen) atoms. The van der Waals surface area contributed by atoms with Crippen LogP contribution in [-0.2, 0) is 19.6 Å². The molecule has 3 rings (SSSR count). The zero-order chi connectivity index (χ0) is 20.3. The fourth-order valence-corrected chi connectivity index (χ4v) is 4.73. The normalized spacial score (nSPS) is 17.2. The molecular weight excluding hydrogens is 381 g/mol. The Labute approximate surface area is 165 Å². The number of sulfonamides is 1. The lowest BCUT2D eigenvalue weighted by atomic mass is 9.98. The lowest BCUT2D eigenvalue weighted by Gasteiger charge is -2.30. The predicted molar refractivity (Wildman–Crippen MR) is 104 cm³/mol. The van der Waals surface area contributed by atoms with Crippen molar-refractivity contribution in [3.05, 3.63) is 65.5 Å².